The molecule has 0 unspecified atom stereocenters. The summed E-state index contributed by atoms with van der Waals surface area (Å²) in [6.45, 7) is 2.85. The maximum atomic E-state index is 12.2. The molecule has 0 aliphatic rings. The first-order valence-corrected chi connectivity index (χ1v) is 7.55. The average Bonchev–Trinajstić information content (AvgIpc) is 2.38. The van der Waals surface area contributed by atoms with Crippen LogP contribution in [-0.4, -0.2) is 37.7 Å². The minimum Gasteiger partial charge on any atom is -0.478 e. The minimum atomic E-state index is -3.98. The van der Waals surface area contributed by atoms with Gasteiger partial charge in [0.15, 0.2) is 9.84 Å². The summed E-state index contributed by atoms with van der Waals surface area (Å²) in [5, 5.41) is 19.4. The Morgan fingerprint density at radius 1 is 1.33 bits per heavy atom. The summed E-state index contributed by atoms with van der Waals surface area (Å²) >= 11 is 0. The molecule has 0 heterocycles. The van der Waals surface area contributed by atoms with Crippen LogP contribution in [0.3, 0.4) is 0 Å². The molecule has 1 amide bonds. The second kappa shape index (κ2) is 6.37. The largest absolute Gasteiger partial charge is 0.478 e. The number of benzene rings is 1. The Hall–Kier alpha value is -2.40. The normalized spacial score (nSPS) is 10.7. The number of rotatable bonds is 5. The highest BCUT2D eigenvalue weighted by Gasteiger charge is 2.23. The Balaban J connectivity index is 3.22. The number of amides is 1. The van der Waals surface area contributed by atoms with Gasteiger partial charge in [-0.15, -0.1) is 0 Å². The number of aryl methyl sites for hydroxylation is 1. The van der Waals surface area contributed by atoms with Gasteiger partial charge in [-0.05, 0) is 37.1 Å². The van der Waals surface area contributed by atoms with E-state index in [9.17, 15) is 18.0 Å². The van der Waals surface area contributed by atoms with Gasteiger partial charge in [0.05, 0.1) is 16.5 Å². The lowest BCUT2D eigenvalue weighted by Crippen LogP contribution is -2.30. The first kappa shape index (κ1) is 16.7. The number of carbonyl (C=O) groups excluding carboxylic acids is 1. The van der Waals surface area contributed by atoms with Crippen LogP contribution in [0.25, 0.3) is 0 Å². The third-order valence-corrected chi connectivity index (χ3v) is 4.62. The monoisotopic (exact) mass is 310 g/mol. The van der Waals surface area contributed by atoms with Crippen molar-refractivity contribution in [3.8, 4) is 6.07 Å². The highest BCUT2D eigenvalue weighted by molar-refractivity contribution is 7.92. The van der Waals surface area contributed by atoms with E-state index in [2.05, 4.69) is 5.32 Å². The molecule has 21 heavy (non-hydrogen) atoms. The third kappa shape index (κ3) is 4.03. The van der Waals surface area contributed by atoms with Crippen LogP contribution < -0.4 is 5.32 Å². The summed E-state index contributed by atoms with van der Waals surface area (Å²) in [6, 6.07) is 4.07. The topological polar surface area (TPSA) is 124 Å². The van der Waals surface area contributed by atoms with Crippen molar-refractivity contribution in [3.63, 3.8) is 0 Å². The van der Waals surface area contributed by atoms with E-state index in [0.717, 1.165) is 6.07 Å². The molecule has 0 atom stereocenters. The van der Waals surface area contributed by atoms with Gasteiger partial charge >= 0.3 is 5.97 Å². The number of nitrogens with one attached hydrogen (secondary N) is 1. The molecule has 0 spiro atoms. The van der Waals surface area contributed by atoms with E-state index in [0.29, 0.717) is 11.1 Å². The lowest BCUT2D eigenvalue weighted by atomic mass is 10.1. The first-order chi connectivity index (χ1) is 9.69. The molecule has 0 bridgehead atoms. The van der Waals surface area contributed by atoms with E-state index in [1.54, 1.807) is 19.9 Å². The van der Waals surface area contributed by atoms with Crippen LogP contribution in [0.4, 0.5) is 0 Å². The Kier molecular flexibility index (Phi) is 5.05. The third-order valence-electron chi connectivity index (χ3n) is 2.89. The molecule has 2 N–H and O–H groups in total. The minimum absolute atomic E-state index is 0.158. The molecule has 0 saturated heterocycles. The Morgan fingerprint density at radius 3 is 2.48 bits per heavy atom. The molecule has 112 valence electrons. The predicted octanol–water partition coefficient (Wildman–Crippen LogP) is 0.415. The molecule has 0 aliphatic carbocycles. The first-order valence-electron chi connectivity index (χ1n) is 5.90. The fraction of sp³-hybridized carbons (Fsp3) is 0.308. The van der Waals surface area contributed by atoms with Crippen LogP contribution in [-0.2, 0) is 14.6 Å². The predicted molar refractivity (Wildman–Crippen MR) is 73.6 cm³/mol. The van der Waals surface area contributed by atoms with Crippen LogP contribution in [0.2, 0.25) is 0 Å². The van der Waals surface area contributed by atoms with Crippen molar-refractivity contribution in [1.29, 1.82) is 5.26 Å². The fourth-order valence-corrected chi connectivity index (χ4v) is 3.25. The molecule has 8 heteroatoms. The molecule has 1 rings (SSSR count). The quantitative estimate of drug-likeness (QED) is 0.759. The molecule has 1 aromatic rings. The molecule has 0 fully saturated rings. The summed E-state index contributed by atoms with van der Waals surface area (Å²) in [6.07, 6.45) is 0. The smallest absolute Gasteiger partial charge is 0.335 e. The SMILES string of the molecule is Cc1cc(C(=O)O)cc(S(=O)(=O)CC(=O)NCC#N)c1C. The van der Waals surface area contributed by atoms with Gasteiger partial charge in [-0.2, -0.15) is 5.26 Å². The molecule has 0 saturated carbocycles. The lowest BCUT2D eigenvalue weighted by molar-refractivity contribution is -0.118. The molecule has 0 radical (unpaired) electrons. The highest BCUT2D eigenvalue weighted by Crippen LogP contribution is 2.22. The van der Waals surface area contributed by atoms with Crippen molar-refractivity contribution in [3.05, 3.63) is 28.8 Å². The van der Waals surface area contributed by atoms with Crippen LogP contribution in [0, 0.1) is 25.2 Å². The van der Waals surface area contributed by atoms with E-state index >= 15 is 0 Å². The second-order valence-corrected chi connectivity index (χ2v) is 6.37. The summed E-state index contributed by atoms with van der Waals surface area (Å²) in [5.41, 5.74) is 0.744. The summed E-state index contributed by atoms with van der Waals surface area (Å²) in [7, 11) is -3.98. The molecule has 0 aromatic heterocycles. The average molecular weight is 310 g/mol. The van der Waals surface area contributed by atoms with E-state index in [1.165, 1.54) is 6.07 Å². The zero-order valence-corrected chi connectivity index (χ0v) is 12.3. The van der Waals surface area contributed by atoms with Crippen molar-refractivity contribution in [2.24, 2.45) is 0 Å². The molecule has 1 aromatic carbocycles. The van der Waals surface area contributed by atoms with E-state index < -0.39 is 27.5 Å². The van der Waals surface area contributed by atoms with Gasteiger partial charge in [0.25, 0.3) is 0 Å². The number of sulfone groups is 1. The fourth-order valence-electron chi connectivity index (χ4n) is 1.71. The molecular weight excluding hydrogens is 296 g/mol. The van der Waals surface area contributed by atoms with Crippen LogP contribution >= 0.6 is 0 Å². The zero-order valence-electron chi connectivity index (χ0n) is 11.5. The lowest BCUT2D eigenvalue weighted by Gasteiger charge is -2.11. The van der Waals surface area contributed by atoms with Gasteiger partial charge in [-0.25, -0.2) is 13.2 Å². The van der Waals surface area contributed by atoms with Crippen molar-refractivity contribution < 1.29 is 23.1 Å². The summed E-state index contributed by atoms with van der Waals surface area (Å²) in [4.78, 5) is 22.3. The van der Waals surface area contributed by atoms with Gasteiger partial charge < -0.3 is 10.4 Å². The van der Waals surface area contributed by atoms with Gasteiger partial charge in [-0.1, -0.05) is 0 Å². The number of carbonyl (C=O) groups is 2. The standard InChI is InChI=1S/C13H14N2O5S/c1-8-5-10(13(17)18)6-11(9(8)2)21(19,20)7-12(16)15-4-3-14/h5-6H,4,7H2,1-2H3,(H,15,16)(H,17,18). The van der Waals surface area contributed by atoms with Gasteiger partial charge in [0, 0.05) is 0 Å². The van der Waals surface area contributed by atoms with Crippen molar-refractivity contribution in [2.75, 3.05) is 12.3 Å². The number of nitriles is 1. The second-order valence-electron chi connectivity index (χ2n) is 4.42. The van der Waals surface area contributed by atoms with Gasteiger partial charge in [0.2, 0.25) is 5.91 Å². The van der Waals surface area contributed by atoms with Crippen molar-refractivity contribution >= 4 is 21.7 Å². The Morgan fingerprint density at radius 2 is 1.95 bits per heavy atom. The van der Waals surface area contributed by atoms with E-state index in [1.807, 2.05) is 0 Å². The number of carboxylic acids is 1. The number of nitrogens with zero attached hydrogens (tertiary/aromatic N) is 1. The van der Waals surface area contributed by atoms with Crippen LogP contribution in [0.15, 0.2) is 17.0 Å². The molecule has 7 nitrogen and oxygen atoms in total. The molecule has 0 aliphatic heterocycles. The maximum Gasteiger partial charge on any atom is 0.335 e. The summed E-state index contributed by atoms with van der Waals surface area (Å²) < 4.78 is 24.4. The van der Waals surface area contributed by atoms with Crippen molar-refractivity contribution in [1.82, 2.24) is 5.32 Å². The zero-order chi connectivity index (χ0) is 16.2. The number of aromatic carboxylic acids is 1. The van der Waals surface area contributed by atoms with Gasteiger partial charge in [-0.3, -0.25) is 4.79 Å². The van der Waals surface area contributed by atoms with E-state index in [-0.39, 0.29) is 17.0 Å². The Bertz CT molecular complexity index is 732. The number of carboxylic acid groups (broad SMARTS) is 1. The molecular formula is C13H14N2O5S. The van der Waals surface area contributed by atoms with Crippen LogP contribution in [0.1, 0.15) is 21.5 Å². The van der Waals surface area contributed by atoms with Crippen LogP contribution in [0.5, 0.6) is 0 Å². The van der Waals surface area contributed by atoms with E-state index in [4.69, 9.17) is 10.4 Å². The van der Waals surface area contributed by atoms with Crippen molar-refractivity contribution in [2.45, 2.75) is 18.7 Å². The highest BCUT2D eigenvalue weighted by atomic mass is 32.2. The Labute approximate surface area is 122 Å². The number of hydrogen-bond acceptors (Lipinski definition) is 5. The maximum absolute atomic E-state index is 12.2. The summed E-state index contributed by atoms with van der Waals surface area (Å²) in [5.74, 6) is -2.89. The number of hydrogen-bond donors (Lipinski definition) is 2. The van der Waals surface area contributed by atoms with Gasteiger partial charge in [0.1, 0.15) is 12.3 Å².